The molecule has 0 radical (unpaired) electrons. The van der Waals surface area contributed by atoms with Crippen LogP contribution in [0.25, 0.3) is 0 Å². The van der Waals surface area contributed by atoms with Gasteiger partial charge in [0.2, 0.25) is 0 Å². The standard InChI is InChI=1S/C16H24N2O6S/c1-16(2,3)24-14(19)11-17(4)15(20)12-8-7-9-13(10-12)25(21,22)18(5)23-6/h7-10H,11H2,1-6H3. The molecule has 25 heavy (non-hydrogen) atoms. The summed E-state index contributed by atoms with van der Waals surface area (Å²) >= 11 is 0. The van der Waals surface area contributed by atoms with E-state index in [0.717, 1.165) is 0 Å². The van der Waals surface area contributed by atoms with Crippen molar-refractivity contribution >= 4 is 21.9 Å². The second-order valence-electron chi connectivity index (χ2n) is 6.37. The Hall–Kier alpha value is -1.97. The Labute approximate surface area is 148 Å². The van der Waals surface area contributed by atoms with Crippen molar-refractivity contribution in [1.29, 1.82) is 0 Å². The number of sulfonamides is 1. The molecule has 0 atom stereocenters. The number of rotatable bonds is 6. The third-order valence-corrected chi connectivity index (χ3v) is 4.78. The van der Waals surface area contributed by atoms with E-state index in [1.165, 1.54) is 50.4 Å². The summed E-state index contributed by atoms with van der Waals surface area (Å²) in [6, 6.07) is 5.51. The highest BCUT2D eigenvalue weighted by molar-refractivity contribution is 7.89. The maximum Gasteiger partial charge on any atom is 0.326 e. The van der Waals surface area contributed by atoms with Crippen LogP contribution in [0.4, 0.5) is 0 Å². The number of hydrogen-bond acceptors (Lipinski definition) is 6. The van der Waals surface area contributed by atoms with Crippen LogP contribution in [0.5, 0.6) is 0 Å². The lowest BCUT2D eigenvalue weighted by Gasteiger charge is -2.22. The first-order valence-corrected chi connectivity index (χ1v) is 8.93. The van der Waals surface area contributed by atoms with E-state index < -0.39 is 27.5 Å². The summed E-state index contributed by atoms with van der Waals surface area (Å²) in [7, 11) is 0.0419. The fourth-order valence-electron chi connectivity index (χ4n) is 1.90. The fourth-order valence-corrected chi connectivity index (χ4v) is 2.92. The van der Waals surface area contributed by atoms with E-state index in [1.807, 2.05) is 0 Å². The summed E-state index contributed by atoms with van der Waals surface area (Å²) in [5.41, 5.74) is -0.517. The van der Waals surface area contributed by atoms with Gasteiger partial charge in [-0.15, -0.1) is 0 Å². The van der Waals surface area contributed by atoms with Crippen molar-refractivity contribution in [1.82, 2.24) is 9.37 Å². The minimum absolute atomic E-state index is 0.0895. The average molecular weight is 372 g/mol. The van der Waals surface area contributed by atoms with E-state index >= 15 is 0 Å². The summed E-state index contributed by atoms with van der Waals surface area (Å²) in [6.07, 6.45) is 0. The molecular weight excluding hydrogens is 348 g/mol. The minimum atomic E-state index is -3.87. The van der Waals surface area contributed by atoms with Crippen LogP contribution < -0.4 is 0 Å². The Bertz CT molecular complexity index is 739. The summed E-state index contributed by atoms with van der Waals surface area (Å²) in [6.45, 7) is 4.94. The van der Waals surface area contributed by atoms with Gasteiger partial charge >= 0.3 is 5.97 Å². The molecule has 1 amide bonds. The van der Waals surface area contributed by atoms with Gasteiger partial charge in [-0.1, -0.05) is 10.5 Å². The zero-order chi connectivity index (χ0) is 19.4. The third kappa shape index (κ3) is 5.80. The van der Waals surface area contributed by atoms with E-state index in [1.54, 1.807) is 20.8 Å². The molecule has 0 heterocycles. The number of carbonyl (C=O) groups excluding carboxylic acids is 2. The maximum atomic E-state index is 12.4. The molecule has 0 unspecified atom stereocenters. The number of hydrogen-bond donors (Lipinski definition) is 0. The van der Waals surface area contributed by atoms with Crippen molar-refractivity contribution in [2.45, 2.75) is 31.3 Å². The highest BCUT2D eigenvalue weighted by Gasteiger charge is 2.24. The Balaban J connectivity index is 2.96. The highest BCUT2D eigenvalue weighted by atomic mass is 32.2. The lowest BCUT2D eigenvalue weighted by molar-refractivity contribution is -0.155. The van der Waals surface area contributed by atoms with E-state index in [9.17, 15) is 18.0 Å². The zero-order valence-corrected chi connectivity index (χ0v) is 16.1. The van der Waals surface area contributed by atoms with E-state index in [2.05, 4.69) is 0 Å². The van der Waals surface area contributed by atoms with Crippen LogP contribution in [-0.4, -0.2) is 63.0 Å². The molecule has 140 valence electrons. The van der Waals surface area contributed by atoms with E-state index in [0.29, 0.717) is 4.47 Å². The molecule has 0 saturated heterocycles. The van der Waals surface area contributed by atoms with Crippen LogP contribution in [0, 0.1) is 0 Å². The van der Waals surface area contributed by atoms with Gasteiger partial charge in [0.05, 0.1) is 12.0 Å². The average Bonchev–Trinajstić information content (AvgIpc) is 2.51. The van der Waals surface area contributed by atoms with E-state index in [-0.39, 0.29) is 17.0 Å². The number of hydroxylamine groups is 1. The molecule has 8 nitrogen and oxygen atoms in total. The number of carbonyl (C=O) groups is 2. The molecule has 0 fully saturated rings. The topological polar surface area (TPSA) is 93.2 Å². The molecule has 0 aliphatic rings. The number of benzene rings is 1. The Kier molecular flexibility index (Phi) is 6.69. The third-order valence-electron chi connectivity index (χ3n) is 3.11. The molecule has 9 heteroatoms. The number of amides is 1. The van der Waals surface area contributed by atoms with Crippen molar-refractivity contribution in [3.05, 3.63) is 29.8 Å². The predicted octanol–water partition coefficient (Wildman–Crippen LogP) is 1.28. The molecular formula is C16H24N2O6S. The molecule has 0 spiro atoms. The quantitative estimate of drug-likeness (QED) is 0.552. The largest absolute Gasteiger partial charge is 0.459 e. The lowest BCUT2D eigenvalue weighted by atomic mass is 10.2. The smallest absolute Gasteiger partial charge is 0.326 e. The van der Waals surface area contributed by atoms with Crippen molar-refractivity contribution < 1.29 is 27.6 Å². The van der Waals surface area contributed by atoms with Crippen LogP contribution in [0.1, 0.15) is 31.1 Å². The molecule has 0 aromatic heterocycles. The SMILES string of the molecule is CON(C)S(=O)(=O)c1cccc(C(=O)N(C)CC(=O)OC(C)(C)C)c1. The molecule has 0 aliphatic carbocycles. The van der Waals surface area contributed by atoms with Crippen molar-refractivity contribution in [3.63, 3.8) is 0 Å². The molecule has 1 aromatic carbocycles. The number of nitrogens with zero attached hydrogens (tertiary/aromatic N) is 2. The fraction of sp³-hybridized carbons (Fsp3) is 0.500. The van der Waals surface area contributed by atoms with Crippen molar-refractivity contribution in [2.75, 3.05) is 27.7 Å². The normalized spacial score (nSPS) is 12.1. The van der Waals surface area contributed by atoms with Gasteiger partial charge in [-0.3, -0.25) is 14.4 Å². The molecule has 0 saturated carbocycles. The second kappa shape index (κ2) is 7.94. The van der Waals surface area contributed by atoms with Gasteiger partial charge in [0.25, 0.3) is 15.9 Å². The monoisotopic (exact) mass is 372 g/mol. The number of esters is 1. The summed E-state index contributed by atoms with van der Waals surface area (Å²) in [5.74, 6) is -1.05. The highest BCUT2D eigenvalue weighted by Crippen LogP contribution is 2.17. The predicted molar refractivity (Wildman–Crippen MR) is 91.2 cm³/mol. The van der Waals surface area contributed by atoms with Gasteiger partial charge in [-0.05, 0) is 39.0 Å². The molecule has 1 aromatic rings. The van der Waals surface area contributed by atoms with Crippen LogP contribution >= 0.6 is 0 Å². The Morgan fingerprint density at radius 2 is 1.76 bits per heavy atom. The van der Waals surface area contributed by atoms with Gasteiger partial charge in [-0.25, -0.2) is 8.42 Å². The van der Waals surface area contributed by atoms with Gasteiger partial charge < -0.3 is 9.64 Å². The van der Waals surface area contributed by atoms with Crippen molar-refractivity contribution in [3.8, 4) is 0 Å². The first kappa shape index (κ1) is 21.1. The molecule has 0 N–H and O–H groups in total. The zero-order valence-electron chi connectivity index (χ0n) is 15.3. The van der Waals surface area contributed by atoms with Crippen molar-refractivity contribution in [2.24, 2.45) is 0 Å². The Morgan fingerprint density at radius 1 is 1.16 bits per heavy atom. The summed E-state index contributed by atoms with van der Waals surface area (Å²) < 4.78 is 30.4. The van der Waals surface area contributed by atoms with Gasteiger partial charge in [-0.2, -0.15) is 0 Å². The maximum absolute atomic E-state index is 12.4. The molecule has 0 aliphatic heterocycles. The number of likely N-dealkylation sites (N-methyl/N-ethyl adjacent to an activating group) is 1. The summed E-state index contributed by atoms with van der Waals surface area (Å²) in [4.78, 5) is 30.0. The first-order chi connectivity index (χ1) is 11.4. The van der Waals surface area contributed by atoms with Gasteiger partial charge in [0.1, 0.15) is 12.1 Å². The lowest BCUT2D eigenvalue weighted by Crippen LogP contribution is -2.36. The van der Waals surface area contributed by atoms with Crippen LogP contribution in [-0.2, 0) is 24.4 Å². The van der Waals surface area contributed by atoms with Crippen LogP contribution in [0.15, 0.2) is 29.2 Å². The van der Waals surface area contributed by atoms with Gasteiger partial charge in [0.15, 0.2) is 0 Å². The number of ether oxygens (including phenoxy) is 1. The minimum Gasteiger partial charge on any atom is -0.459 e. The second-order valence-corrected chi connectivity index (χ2v) is 8.31. The Morgan fingerprint density at radius 3 is 2.28 bits per heavy atom. The molecule has 1 rings (SSSR count). The van der Waals surface area contributed by atoms with E-state index in [4.69, 9.17) is 9.57 Å². The van der Waals surface area contributed by atoms with Crippen LogP contribution in [0.2, 0.25) is 0 Å². The van der Waals surface area contributed by atoms with Gasteiger partial charge in [0, 0.05) is 19.7 Å². The first-order valence-electron chi connectivity index (χ1n) is 7.49. The molecule has 0 bridgehead atoms. The summed E-state index contributed by atoms with van der Waals surface area (Å²) in [5, 5.41) is 0. The van der Waals surface area contributed by atoms with Crippen LogP contribution in [0.3, 0.4) is 0 Å².